The molecular weight excluding hydrogens is 486 g/mol. The molecule has 1 heterocycles. The van der Waals surface area contributed by atoms with E-state index in [1.807, 2.05) is 6.92 Å². The van der Waals surface area contributed by atoms with Gasteiger partial charge in [-0.15, -0.1) is 0 Å². The van der Waals surface area contributed by atoms with Crippen LogP contribution in [0.2, 0.25) is 5.02 Å². The molecule has 9 heteroatoms. The largest absolute Gasteiger partial charge is 0.342 e. The van der Waals surface area contributed by atoms with Crippen LogP contribution in [0.3, 0.4) is 0 Å². The van der Waals surface area contributed by atoms with Gasteiger partial charge in [0.1, 0.15) is 0 Å². The van der Waals surface area contributed by atoms with Gasteiger partial charge in [0.2, 0.25) is 6.41 Å². The molecule has 1 aliphatic rings. The minimum atomic E-state index is -3.88. The van der Waals surface area contributed by atoms with E-state index in [0.29, 0.717) is 42.5 Å². The van der Waals surface area contributed by atoms with Crippen molar-refractivity contribution in [2.24, 2.45) is 0 Å². The van der Waals surface area contributed by atoms with Gasteiger partial charge in [0.25, 0.3) is 15.9 Å². The Balaban J connectivity index is 1.61. The van der Waals surface area contributed by atoms with E-state index in [9.17, 15) is 18.0 Å². The number of piperazine rings is 1. The van der Waals surface area contributed by atoms with Gasteiger partial charge in [0.05, 0.1) is 17.1 Å². The van der Waals surface area contributed by atoms with Gasteiger partial charge in [-0.25, -0.2) is 8.42 Å². The van der Waals surface area contributed by atoms with Crippen molar-refractivity contribution >= 4 is 39.6 Å². The van der Waals surface area contributed by atoms with Crippen molar-refractivity contribution < 1.29 is 18.0 Å². The SMILES string of the molecule is Cc1ccc(Cl)cc1N(Cc1ccc(C(=O)N2CCN(C=O)CC2)cc1)S(=O)(=O)c1ccccc1. The molecule has 1 aliphatic heterocycles. The number of hydrogen-bond acceptors (Lipinski definition) is 4. The molecule has 0 radical (unpaired) electrons. The first kappa shape index (κ1) is 24.8. The Hall–Kier alpha value is -3.36. The highest BCUT2D eigenvalue weighted by atomic mass is 35.5. The summed E-state index contributed by atoms with van der Waals surface area (Å²) in [6.07, 6.45) is 0.799. The van der Waals surface area contributed by atoms with Crippen LogP contribution in [0.25, 0.3) is 0 Å². The van der Waals surface area contributed by atoms with Gasteiger partial charge >= 0.3 is 0 Å². The lowest BCUT2D eigenvalue weighted by Crippen LogP contribution is -2.48. The third-order valence-corrected chi connectivity index (χ3v) is 8.06. The maximum absolute atomic E-state index is 13.6. The number of nitrogens with zero attached hydrogens (tertiary/aromatic N) is 3. The summed E-state index contributed by atoms with van der Waals surface area (Å²) in [5.41, 5.74) is 2.51. The second-order valence-electron chi connectivity index (χ2n) is 8.39. The van der Waals surface area contributed by atoms with Gasteiger partial charge in [-0.3, -0.25) is 13.9 Å². The third-order valence-electron chi connectivity index (χ3n) is 6.05. The standard InChI is InChI=1S/C26H26ClN3O4S/c1-20-7-12-23(27)17-25(20)30(35(33,34)24-5-3-2-4-6-24)18-21-8-10-22(11-9-21)26(32)29-15-13-28(19-31)14-16-29/h2-12,17,19H,13-16,18H2,1H3. The maximum Gasteiger partial charge on any atom is 0.264 e. The predicted molar refractivity (Wildman–Crippen MR) is 136 cm³/mol. The molecule has 1 fully saturated rings. The predicted octanol–water partition coefficient (Wildman–Crippen LogP) is 3.96. The van der Waals surface area contributed by atoms with E-state index in [2.05, 4.69) is 0 Å². The van der Waals surface area contributed by atoms with E-state index in [4.69, 9.17) is 11.6 Å². The van der Waals surface area contributed by atoms with Crippen molar-refractivity contribution in [3.63, 3.8) is 0 Å². The first-order valence-electron chi connectivity index (χ1n) is 11.2. The fraction of sp³-hybridized carbons (Fsp3) is 0.231. The van der Waals surface area contributed by atoms with Crippen molar-refractivity contribution in [3.05, 3.63) is 94.5 Å². The van der Waals surface area contributed by atoms with Gasteiger partial charge in [-0.1, -0.05) is 48.0 Å². The lowest BCUT2D eigenvalue weighted by atomic mass is 10.1. The number of hydrogen-bond donors (Lipinski definition) is 0. The second kappa shape index (κ2) is 10.5. The topological polar surface area (TPSA) is 78.0 Å². The Bertz CT molecular complexity index is 1310. The average Bonchev–Trinajstić information content (AvgIpc) is 2.89. The summed E-state index contributed by atoms with van der Waals surface area (Å²) in [5, 5.41) is 0.439. The maximum atomic E-state index is 13.6. The van der Waals surface area contributed by atoms with Crippen LogP contribution < -0.4 is 4.31 Å². The summed E-state index contributed by atoms with van der Waals surface area (Å²) in [7, 11) is -3.88. The average molecular weight is 512 g/mol. The highest BCUT2D eigenvalue weighted by molar-refractivity contribution is 7.92. The van der Waals surface area contributed by atoms with Gasteiger partial charge in [0, 0.05) is 36.8 Å². The fourth-order valence-electron chi connectivity index (χ4n) is 4.00. The molecule has 3 aromatic rings. The molecule has 1 saturated heterocycles. The smallest absolute Gasteiger partial charge is 0.264 e. The molecule has 0 atom stereocenters. The number of halogens is 1. The molecule has 0 bridgehead atoms. The normalized spacial score (nSPS) is 14.0. The number of carbonyl (C=O) groups excluding carboxylic acids is 2. The summed E-state index contributed by atoms with van der Waals surface area (Å²) in [6, 6.07) is 20.4. The molecule has 182 valence electrons. The Morgan fingerprint density at radius 3 is 2.26 bits per heavy atom. The first-order chi connectivity index (χ1) is 16.8. The summed E-state index contributed by atoms with van der Waals surface area (Å²) in [6.45, 7) is 3.90. The van der Waals surface area contributed by atoms with Gasteiger partial charge in [-0.2, -0.15) is 0 Å². The van der Waals surface area contributed by atoms with E-state index in [0.717, 1.165) is 17.5 Å². The monoisotopic (exact) mass is 511 g/mol. The number of aryl methyl sites for hydroxylation is 1. The van der Waals surface area contributed by atoms with E-state index in [-0.39, 0.29) is 17.3 Å². The van der Waals surface area contributed by atoms with Gasteiger partial charge in [0.15, 0.2) is 0 Å². The van der Waals surface area contributed by atoms with E-state index >= 15 is 0 Å². The summed E-state index contributed by atoms with van der Waals surface area (Å²) in [4.78, 5) is 27.3. The Morgan fingerprint density at radius 1 is 0.971 bits per heavy atom. The molecule has 4 rings (SSSR count). The summed E-state index contributed by atoms with van der Waals surface area (Å²) < 4.78 is 28.6. The molecule has 0 spiro atoms. The summed E-state index contributed by atoms with van der Waals surface area (Å²) >= 11 is 6.22. The Labute approximate surface area is 210 Å². The fourth-order valence-corrected chi connectivity index (χ4v) is 5.70. The molecule has 2 amide bonds. The number of rotatable bonds is 7. The highest BCUT2D eigenvalue weighted by Gasteiger charge is 2.27. The van der Waals surface area contributed by atoms with Crippen LogP contribution in [0.15, 0.2) is 77.7 Å². The van der Waals surface area contributed by atoms with Crippen LogP contribution in [0, 0.1) is 6.92 Å². The molecule has 3 aromatic carbocycles. The van der Waals surface area contributed by atoms with Crippen molar-refractivity contribution in [1.29, 1.82) is 0 Å². The molecular formula is C26H26ClN3O4S. The van der Waals surface area contributed by atoms with E-state index in [1.165, 1.54) is 4.31 Å². The van der Waals surface area contributed by atoms with Gasteiger partial charge < -0.3 is 9.80 Å². The zero-order valence-electron chi connectivity index (χ0n) is 19.3. The molecule has 0 saturated carbocycles. The molecule has 35 heavy (non-hydrogen) atoms. The number of anilines is 1. The van der Waals surface area contributed by atoms with Crippen LogP contribution in [0.5, 0.6) is 0 Å². The van der Waals surface area contributed by atoms with Crippen molar-refractivity contribution in [2.75, 3.05) is 30.5 Å². The zero-order chi connectivity index (χ0) is 25.0. The van der Waals surface area contributed by atoms with Crippen molar-refractivity contribution in [2.45, 2.75) is 18.4 Å². The molecule has 0 unspecified atom stereocenters. The van der Waals surface area contributed by atoms with Crippen LogP contribution in [0.4, 0.5) is 5.69 Å². The molecule has 0 aromatic heterocycles. The van der Waals surface area contributed by atoms with Crippen LogP contribution in [-0.4, -0.2) is 56.7 Å². The third kappa shape index (κ3) is 5.49. The number of amides is 2. The lowest BCUT2D eigenvalue weighted by molar-refractivity contribution is -0.119. The second-order valence-corrected chi connectivity index (χ2v) is 10.7. The quantitative estimate of drug-likeness (QED) is 0.450. The van der Waals surface area contributed by atoms with E-state index in [1.54, 1.807) is 82.6 Å². The van der Waals surface area contributed by atoms with Crippen molar-refractivity contribution in [1.82, 2.24) is 9.80 Å². The lowest BCUT2D eigenvalue weighted by Gasteiger charge is -2.32. The first-order valence-corrected chi connectivity index (χ1v) is 13.0. The number of carbonyl (C=O) groups is 2. The number of benzene rings is 3. The van der Waals surface area contributed by atoms with E-state index < -0.39 is 10.0 Å². The highest BCUT2D eigenvalue weighted by Crippen LogP contribution is 2.31. The summed E-state index contributed by atoms with van der Waals surface area (Å²) in [5.74, 6) is -0.110. The minimum absolute atomic E-state index is 0.0743. The van der Waals surface area contributed by atoms with Crippen LogP contribution in [-0.2, 0) is 21.4 Å². The van der Waals surface area contributed by atoms with Crippen LogP contribution in [0.1, 0.15) is 21.5 Å². The Kier molecular flexibility index (Phi) is 7.42. The molecule has 0 aliphatic carbocycles. The zero-order valence-corrected chi connectivity index (χ0v) is 20.9. The van der Waals surface area contributed by atoms with Crippen molar-refractivity contribution in [3.8, 4) is 0 Å². The van der Waals surface area contributed by atoms with Gasteiger partial charge in [-0.05, 0) is 54.4 Å². The van der Waals surface area contributed by atoms with Crippen LogP contribution >= 0.6 is 11.6 Å². The molecule has 7 nitrogen and oxygen atoms in total. The Morgan fingerprint density at radius 2 is 1.63 bits per heavy atom. The molecule has 0 N–H and O–H groups in total. The minimum Gasteiger partial charge on any atom is -0.342 e. The number of sulfonamides is 1.